The van der Waals surface area contributed by atoms with Crippen molar-refractivity contribution in [1.29, 1.82) is 0 Å². The molecule has 204 valence electrons. The molecular weight excluding hydrogens is 487 g/mol. The van der Waals surface area contributed by atoms with E-state index in [0.29, 0.717) is 24.6 Å². The molecule has 2 aliphatic rings. The van der Waals surface area contributed by atoms with Gasteiger partial charge < -0.3 is 21.7 Å². The molecule has 1 unspecified atom stereocenters. The van der Waals surface area contributed by atoms with Crippen LogP contribution in [0.3, 0.4) is 0 Å². The van der Waals surface area contributed by atoms with Crippen LogP contribution >= 0.6 is 0 Å². The zero-order valence-electron chi connectivity index (χ0n) is 22.0. The van der Waals surface area contributed by atoms with Crippen LogP contribution in [0.1, 0.15) is 57.4 Å². The molecule has 1 atom stereocenters. The van der Waals surface area contributed by atoms with Crippen molar-refractivity contribution in [3.63, 3.8) is 0 Å². The van der Waals surface area contributed by atoms with Gasteiger partial charge in [0.05, 0.1) is 0 Å². The van der Waals surface area contributed by atoms with Gasteiger partial charge in [-0.2, -0.15) is 0 Å². The van der Waals surface area contributed by atoms with Crippen molar-refractivity contribution < 1.29 is 18.8 Å². The van der Waals surface area contributed by atoms with Gasteiger partial charge in [0, 0.05) is 36.5 Å². The topological polar surface area (TPSA) is 120 Å². The molecule has 5 N–H and O–H groups in total. The molecule has 0 radical (unpaired) electrons. The molecule has 0 bridgehead atoms. The van der Waals surface area contributed by atoms with Crippen molar-refractivity contribution in [2.45, 2.75) is 70.1 Å². The third-order valence-electron chi connectivity index (χ3n) is 7.17. The van der Waals surface area contributed by atoms with E-state index < -0.39 is 30.0 Å². The van der Waals surface area contributed by atoms with Gasteiger partial charge in [0.25, 0.3) is 5.91 Å². The highest BCUT2D eigenvalue weighted by Crippen LogP contribution is 2.23. The lowest BCUT2D eigenvalue weighted by Crippen LogP contribution is -2.65. The molecule has 1 heterocycles. The normalized spacial score (nSPS) is 21.7. The zero-order valence-corrected chi connectivity index (χ0v) is 22.0. The molecule has 1 aliphatic heterocycles. The van der Waals surface area contributed by atoms with E-state index in [2.05, 4.69) is 29.8 Å². The van der Waals surface area contributed by atoms with Gasteiger partial charge in [-0.1, -0.05) is 32.0 Å². The molecule has 10 heteroatoms. The van der Waals surface area contributed by atoms with Crippen LogP contribution in [-0.4, -0.2) is 59.1 Å². The van der Waals surface area contributed by atoms with Crippen LogP contribution in [0.5, 0.6) is 0 Å². The summed E-state index contributed by atoms with van der Waals surface area (Å²) in [7, 11) is 0. The Morgan fingerprint density at radius 1 is 0.895 bits per heavy atom. The van der Waals surface area contributed by atoms with Gasteiger partial charge in [-0.15, -0.1) is 0 Å². The maximum absolute atomic E-state index is 13.7. The summed E-state index contributed by atoms with van der Waals surface area (Å²) in [5, 5.41) is 8.57. The van der Waals surface area contributed by atoms with E-state index in [-0.39, 0.29) is 24.3 Å². The van der Waals surface area contributed by atoms with Gasteiger partial charge in [0.15, 0.2) is 6.17 Å². The fourth-order valence-corrected chi connectivity index (χ4v) is 4.98. The first kappa shape index (κ1) is 27.4. The molecule has 4 rings (SSSR count). The Labute approximate surface area is 222 Å². The van der Waals surface area contributed by atoms with E-state index in [4.69, 9.17) is 5.73 Å². The Hall–Kier alpha value is -3.66. The van der Waals surface area contributed by atoms with Gasteiger partial charge in [-0.05, 0) is 73.9 Å². The van der Waals surface area contributed by atoms with Crippen LogP contribution in [0.2, 0.25) is 0 Å². The summed E-state index contributed by atoms with van der Waals surface area (Å²) in [5.41, 5.74) is 8.02. The number of rotatable bonds is 5. The standard InChI is InChI=1S/C28H37FN6O3/c1-18(2)19-7-11-23(12-8-19)32-27(37)34-15-4-16-35(28(38)33-24-6-3-5-20(29)17-24)26(34)25(36)31-22-13-9-21(30)10-14-22/h3,5-8,11-12,17-18,21-22,26H,4,9-10,13-16,30H2,1-2H3,(H,31,36)(H,32,37)(H,33,38). The highest BCUT2D eigenvalue weighted by Gasteiger charge is 2.41. The van der Waals surface area contributed by atoms with Gasteiger partial charge in [0.2, 0.25) is 0 Å². The second-order valence-electron chi connectivity index (χ2n) is 10.4. The number of carbonyl (C=O) groups is 3. The molecule has 0 spiro atoms. The predicted octanol–water partition coefficient (Wildman–Crippen LogP) is 4.43. The minimum absolute atomic E-state index is 0.0779. The van der Waals surface area contributed by atoms with E-state index in [1.54, 1.807) is 6.07 Å². The molecule has 38 heavy (non-hydrogen) atoms. The van der Waals surface area contributed by atoms with Gasteiger partial charge >= 0.3 is 12.1 Å². The van der Waals surface area contributed by atoms with Gasteiger partial charge in [-0.25, -0.2) is 14.0 Å². The van der Waals surface area contributed by atoms with Crippen molar-refractivity contribution in [2.24, 2.45) is 5.73 Å². The third-order valence-corrected chi connectivity index (χ3v) is 7.17. The second-order valence-corrected chi connectivity index (χ2v) is 10.4. The van der Waals surface area contributed by atoms with E-state index >= 15 is 0 Å². The lowest BCUT2D eigenvalue weighted by Gasteiger charge is -2.43. The summed E-state index contributed by atoms with van der Waals surface area (Å²) in [6.07, 6.45) is 2.40. The summed E-state index contributed by atoms with van der Waals surface area (Å²) in [4.78, 5) is 43.0. The first-order chi connectivity index (χ1) is 18.2. The van der Waals surface area contributed by atoms with Crippen molar-refractivity contribution in [2.75, 3.05) is 23.7 Å². The number of halogens is 1. The molecule has 2 aromatic rings. The second kappa shape index (κ2) is 12.3. The first-order valence-electron chi connectivity index (χ1n) is 13.3. The molecule has 0 aromatic heterocycles. The number of nitrogens with one attached hydrogen (secondary N) is 3. The molecule has 5 amide bonds. The van der Waals surface area contributed by atoms with Crippen LogP contribution in [0.4, 0.5) is 25.4 Å². The number of urea groups is 2. The number of benzene rings is 2. The number of hydrogen-bond donors (Lipinski definition) is 4. The molecule has 2 fully saturated rings. The van der Waals surface area contributed by atoms with Crippen molar-refractivity contribution >= 4 is 29.3 Å². The Bertz CT molecular complexity index is 1130. The van der Waals surface area contributed by atoms with E-state index in [0.717, 1.165) is 31.2 Å². The summed E-state index contributed by atoms with van der Waals surface area (Å²) >= 11 is 0. The maximum Gasteiger partial charge on any atom is 0.323 e. The van der Waals surface area contributed by atoms with Crippen LogP contribution < -0.4 is 21.7 Å². The summed E-state index contributed by atoms with van der Waals surface area (Å²) in [6.45, 7) is 4.75. The van der Waals surface area contributed by atoms with Crippen molar-refractivity contribution in [3.8, 4) is 0 Å². The number of anilines is 2. The average molecular weight is 525 g/mol. The number of nitrogens with zero attached hydrogens (tertiary/aromatic N) is 2. The molecule has 1 saturated heterocycles. The first-order valence-corrected chi connectivity index (χ1v) is 13.3. The number of carbonyl (C=O) groups excluding carboxylic acids is 3. The zero-order chi connectivity index (χ0) is 27.2. The fourth-order valence-electron chi connectivity index (χ4n) is 4.98. The number of nitrogens with two attached hydrogens (primary N) is 1. The largest absolute Gasteiger partial charge is 0.350 e. The monoisotopic (exact) mass is 524 g/mol. The van der Waals surface area contributed by atoms with Crippen molar-refractivity contribution in [1.82, 2.24) is 15.1 Å². The highest BCUT2D eigenvalue weighted by molar-refractivity contribution is 5.98. The van der Waals surface area contributed by atoms with E-state index in [1.807, 2.05) is 24.3 Å². The maximum atomic E-state index is 13.7. The smallest absolute Gasteiger partial charge is 0.323 e. The quantitative estimate of drug-likeness (QED) is 0.462. The Kier molecular flexibility index (Phi) is 8.83. The molecule has 1 saturated carbocycles. The lowest BCUT2D eigenvalue weighted by molar-refractivity contribution is -0.132. The van der Waals surface area contributed by atoms with Crippen molar-refractivity contribution in [3.05, 3.63) is 59.9 Å². The molecular formula is C28H37FN6O3. The highest BCUT2D eigenvalue weighted by atomic mass is 19.1. The minimum atomic E-state index is -1.16. The fraction of sp³-hybridized carbons (Fsp3) is 0.464. The SMILES string of the molecule is CC(C)c1ccc(NC(=O)N2CCCN(C(=O)Nc3cccc(F)c3)C2C(=O)NC2CCC(N)CC2)cc1. The predicted molar refractivity (Wildman–Crippen MR) is 145 cm³/mol. The lowest BCUT2D eigenvalue weighted by atomic mass is 9.92. The third kappa shape index (κ3) is 6.80. The summed E-state index contributed by atoms with van der Waals surface area (Å²) in [6, 6.07) is 12.1. The molecule has 2 aromatic carbocycles. The Balaban J connectivity index is 1.54. The molecule has 9 nitrogen and oxygen atoms in total. The van der Waals surface area contributed by atoms with Crippen LogP contribution in [0, 0.1) is 5.82 Å². The number of amides is 5. The van der Waals surface area contributed by atoms with Crippen LogP contribution in [0.15, 0.2) is 48.5 Å². The minimum Gasteiger partial charge on any atom is -0.350 e. The van der Waals surface area contributed by atoms with Gasteiger partial charge in [-0.3, -0.25) is 14.6 Å². The van der Waals surface area contributed by atoms with E-state index in [1.165, 1.54) is 28.0 Å². The number of hydrogen-bond acceptors (Lipinski definition) is 4. The molecule has 1 aliphatic carbocycles. The van der Waals surface area contributed by atoms with Crippen LogP contribution in [-0.2, 0) is 4.79 Å². The van der Waals surface area contributed by atoms with Crippen LogP contribution in [0.25, 0.3) is 0 Å². The Morgan fingerprint density at radius 2 is 1.50 bits per heavy atom. The Morgan fingerprint density at radius 3 is 2.08 bits per heavy atom. The van der Waals surface area contributed by atoms with Gasteiger partial charge in [0.1, 0.15) is 5.82 Å². The average Bonchev–Trinajstić information content (AvgIpc) is 2.89. The van der Waals surface area contributed by atoms with E-state index in [9.17, 15) is 18.8 Å². The summed E-state index contributed by atoms with van der Waals surface area (Å²) in [5.74, 6) is -0.560. The summed E-state index contributed by atoms with van der Waals surface area (Å²) < 4.78 is 13.7.